The third-order valence-electron chi connectivity index (χ3n) is 8.35. The first-order valence-corrected chi connectivity index (χ1v) is 14.4. The number of aliphatic hydroxyl groups is 2. The zero-order chi connectivity index (χ0) is 25.9. The Hall–Kier alpha value is -2.36. The van der Waals surface area contributed by atoms with E-state index < -0.39 is 28.1 Å². The summed E-state index contributed by atoms with van der Waals surface area (Å²) in [5, 5.41) is 19.7. The second-order valence-electron chi connectivity index (χ2n) is 12.0. The number of carbonyl (C=O) groups excluding carboxylic acids is 1. The van der Waals surface area contributed by atoms with Gasteiger partial charge in [-0.1, -0.05) is 20.8 Å². The van der Waals surface area contributed by atoms with E-state index in [4.69, 9.17) is 9.52 Å². The molecule has 2 aromatic rings. The molecule has 2 spiro atoms. The second kappa shape index (κ2) is 8.60. The van der Waals surface area contributed by atoms with Crippen LogP contribution in [0.1, 0.15) is 87.3 Å². The number of benzene rings is 1. The lowest BCUT2D eigenvalue weighted by Gasteiger charge is -2.38. The average molecular weight is 517 g/mol. The first-order valence-electron chi connectivity index (χ1n) is 12.7. The fourth-order valence-corrected chi connectivity index (χ4v) is 6.63. The lowest BCUT2D eigenvalue weighted by atomic mass is 9.66. The van der Waals surface area contributed by atoms with Gasteiger partial charge < -0.3 is 19.5 Å². The van der Waals surface area contributed by atoms with Gasteiger partial charge in [-0.25, -0.2) is 8.42 Å². The minimum absolute atomic E-state index is 0.179. The van der Waals surface area contributed by atoms with Crippen LogP contribution < -0.4 is 9.62 Å². The molecule has 1 aromatic heterocycles. The van der Waals surface area contributed by atoms with E-state index >= 15 is 0 Å². The van der Waals surface area contributed by atoms with Crippen LogP contribution in [0.15, 0.2) is 34.7 Å². The van der Waals surface area contributed by atoms with Crippen LogP contribution >= 0.6 is 0 Å². The molecule has 1 atom stereocenters. The molecule has 36 heavy (non-hydrogen) atoms. The van der Waals surface area contributed by atoms with E-state index in [0.29, 0.717) is 23.4 Å². The number of hydrogen-bond acceptors (Lipinski definition) is 6. The van der Waals surface area contributed by atoms with Crippen molar-refractivity contribution in [2.24, 2.45) is 10.8 Å². The number of furan rings is 1. The van der Waals surface area contributed by atoms with Gasteiger partial charge in [0.2, 0.25) is 10.0 Å². The number of hydrogen-bond donors (Lipinski definition) is 3. The molecule has 0 saturated heterocycles. The van der Waals surface area contributed by atoms with Crippen molar-refractivity contribution in [3.05, 3.63) is 47.4 Å². The van der Waals surface area contributed by atoms with Crippen molar-refractivity contribution >= 4 is 27.3 Å². The summed E-state index contributed by atoms with van der Waals surface area (Å²) in [5.74, 6) is -0.0925. The van der Waals surface area contributed by atoms with Crippen molar-refractivity contribution in [3.8, 4) is 0 Å². The van der Waals surface area contributed by atoms with E-state index in [-0.39, 0.29) is 22.8 Å². The molecule has 1 amide bonds. The van der Waals surface area contributed by atoms with E-state index in [1.165, 1.54) is 12.8 Å². The summed E-state index contributed by atoms with van der Waals surface area (Å²) in [6, 6.07) is 8.60. The van der Waals surface area contributed by atoms with Crippen LogP contribution in [0.3, 0.4) is 0 Å². The largest absolute Gasteiger partial charge is 0.453 e. The average Bonchev–Trinajstić information content (AvgIpc) is 3.26. The number of nitrogens with zero attached hydrogens (tertiary/aromatic N) is 1. The Morgan fingerprint density at radius 2 is 1.78 bits per heavy atom. The molecule has 3 N–H and O–H groups in total. The molecule has 0 bridgehead atoms. The molecule has 196 valence electrons. The molecule has 2 heterocycles. The van der Waals surface area contributed by atoms with Gasteiger partial charge in [0, 0.05) is 23.3 Å². The molecule has 0 radical (unpaired) electrons. The fraction of sp³-hybridized carbons (Fsp3) is 0.593. The van der Waals surface area contributed by atoms with Crippen molar-refractivity contribution in [1.82, 2.24) is 0 Å². The molecule has 8 nitrogen and oxygen atoms in total. The topological polar surface area (TPSA) is 120 Å². The number of sulfonamides is 1. The Balaban J connectivity index is 1.47. The Labute approximate surface area is 212 Å². The van der Waals surface area contributed by atoms with E-state index in [1.807, 2.05) is 26.8 Å². The molecule has 0 unspecified atom stereocenters. The second-order valence-corrected chi connectivity index (χ2v) is 13.9. The van der Waals surface area contributed by atoms with Crippen LogP contribution in [-0.4, -0.2) is 43.4 Å². The maximum Gasteiger partial charge on any atom is 0.294 e. The van der Waals surface area contributed by atoms with Crippen LogP contribution in [0.25, 0.3) is 0 Å². The van der Waals surface area contributed by atoms with Crippen molar-refractivity contribution < 1.29 is 27.8 Å². The molecular formula is C27H36N2O6S. The van der Waals surface area contributed by atoms with Gasteiger partial charge in [0.1, 0.15) is 11.9 Å². The minimum Gasteiger partial charge on any atom is -0.453 e. The van der Waals surface area contributed by atoms with Crippen molar-refractivity contribution in [2.75, 3.05) is 28.5 Å². The van der Waals surface area contributed by atoms with Crippen LogP contribution in [0.5, 0.6) is 0 Å². The van der Waals surface area contributed by atoms with E-state index in [2.05, 4.69) is 4.72 Å². The molecule has 2 fully saturated rings. The number of rotatable bonds is 6. The molecular weight excluding hydrogens is 480 g/mol. The molecule has 5 rings (SSSR count). The standard InChI is InChI=1S/C27H36N2O6S/c1-25(2,3)23(31)21-6-7-22(35-21)24(32)29-17-27(12-10-26(8-9-26)11-13-27)19-16-18(4-5-20(19)29)28-36(33,34)15-14-30/h4-7,16,23,28,30-31H,8-15,17H2,1-3H3/t23-/m1/s1. The monoisotopic (exact) mass is 516 g/mol. The number of nitrogens with one attached hydrogen (secondary N) is 1. The molecule has 2 saturated carbocycles. The SMILES string of the molecule is CC(C)(C)[C@H](O)c1ccc(C(=O)N2CC3(CCC4(CC4)CC3)c3cc(NS(=O)(=O)CCO)ccc32)o1. The van der Waals surface area contributed by atoms with E-state index in [1.54, 1.807) is 29.2 Å². The minimum atomic E-state index is -3.66. The first kappa shape index (κ1) is 25.3. The quantitative estimate of drug-likeness (QED) is 0.525. The number of carbonyl (C=O) groups is 1. The first-order chi connectivity index (χ1) is 16.9. The highest BCUT2D eigenvalue weighted by Crippen LogP contribution is 2.62. The van der Waals surface area contributed by atoms with E-state index in [9.17, 15) is 18.3 Å². The van der Waals surface area contributed by atoms with Gasteiger partial charge >= 0.3 is 0 Å². The Bertz CT molecular complexity index is 1260. The lowest BCUT2D eigenvalue weighted by Crippen LogP contribution is -2.39. The number of fused-ring (bicyclic) bond motifs is 2. The molecule has 1 aliphatic heterocycles. The summed E-state index contributed by atoms with van der Waals surface area (Å²) in [6.45, 7) is 5.78. The highest BCUT2D eigenvalue weighted by atomic mass is 32.2. The summed E-state index contributed by atoms with van der Waals surface area (Å²) < 4.78 is 33.0. The highest BCUT2D eigenvalue weighted by Gasteiger charge is 2.54. The van der Waals surface area contributed by atoms with Gasteiger partial charge in [-0.15, -0.1) is 0 Å². The van der Waals surface area contributed by atoms with Gasteiger partial charge in [0.25, 0.3) is 5.91 Å². The van der Waals surface area contributed by atoms with E-state index in [0.717, 1.165) is 36.9 Å². The zero-order valence-corrected chi connectivity index (χ0v) is 22.0. The smallest absolute Gasteiger partial charge is 0.294 e. The number of aliphatic hydroxyl groups excluding tert-OH is 2. The maximum absolute atomic E-state index is 13.7. The lowest BCUT2D eigenvalue weighted by molar-refractivity contribution is 0.0422. The third-order valence-corrected chi connectivity index (χ3v) is 9.62. The Kier molecular flexibility index (Phi) is 6.04. The molecule has 1 aromatic carbocycles. The summed E-state index contributed by atoms with van der Waals surface area (Å²) in [6.07, 6.45) is 5.81. The van der Waals surface area contributed by atoms with Gasteiger partial charge in [-0.05, 0) is 85.3 Å². The fourth-order valence-electron chi connectivity index (χ4n) is 5.80. The van der Waals surface area contributed by atoms with Crippen molar-refractivity contribution in [3.63, 3.8) is 0 Å². The Morgan fingerprint density at radius 1 is 1.11 bits per heavy atom. The molecule has 2 aliphatic carbocycles. The summed E-state index contributed by atoms with van der Waals surface area (Å²) in [5.41, 5.74) is 1.99. The van der Waals surface area contributed by atoms with Crippen LogP contribution in [0.4, 0.5) is 11.4 Å². The van der Waals surface area contributed by atoms with Crippen LogP contribution in [0.2, 0.25) is 0 Å². The molecule has 9 heteroatoms. The maximum atomic E-state index is 13.7. The van der Waals surface area contributed by atoms with Crippen molar-refractivity contribution in [2.45, 2.75) is 70.8 Å². The highest BCUT2D eigenvalue weighted by molar-refractivity contribution is 7.92. The third kappa shape index (κ3) is 4.57. The summed E-state index contributed by atoms with van der Waals surface area (Å²) >= 11 is 0. The van der Waals surface area contributed by atoms with Crippen molar-refractivity contribution in [1.29, 1.82) is 0 Å². The van der Waals surface area contributed by atoms with Crippen LogP contribution in [-0.2, 0) is 15.4 Å². The normalized spacial score (nSPS) is 21.0. The predicted octanol–water partition coefficient (Wildman–Crippen LogP) is 4.35. The number of amides is 1. The van der Waals surface area contributed by atoms with Gasteiger partial charge in [-0.2, -0.15) is 0 Å². The van der Waals surface area contributed by atoms with Gasteiger partial charge in [0.15, 0.2) is 5.76 Å². The summed E-state index contributed by atoms with van der Waals surface area (Å²) in [7, 11) is -3.66. The zero-order valence-electron chi connectivity index (χ0n) is 21.2. The Morgan fingerprint density at radius 3 is 2.39 bits per heavy atom. The summed E-state index contributed by atoms with van der Waals surface area (Å²) in [4.78, 5) is 15.4. The number of anilines is 2. The predicted molar refractivity (Wildman–Crippen MR) is 138 cm³/mol. The van der Waals surface area contributed by atoms with Gasteiger partial charge in [-0.3, -0.25) is 9.52 Å². The van der Waals surface area contributed by atoms with Gasteiger partial charge in [0.05, 0.1) is 12.4 Å². The van der Waals surface area contributed by atoms with Crippen LogP contribution in [0, 0.1) is 10.8 Å². The molecule has 3 aliphatic rings.